The van der Waals surface area contributed by atoms with Crippen molar-refractivity contribution in [1.29, 1.82) is 0 Å². The van der Waals surface area contributed by atoms with Gasteiger partial charge in [-0.15, -0.1) is 0 Å². The summed E-state index contributed by atoms with van der Waals surface area (Å²) in [6, 6.07) is 14.9. The number of carbonyl (C=O) groups is 1. The smallest absolute Gasteiger partial charge is 0.259 e. The third-order valence-corrected chi connectivity index (χ3v) is 5.16. The number of ether oxygens (including phenoxy) is 1. The fourth-order valence-corrected chi connectivity index (χ4v) is 3.47. The number of hydrogen-bond acceptors (Lipinski definition) is 3. The number of benzene rings is 3. The normalized spacial score (nSPS) is 10.5. The molecular weight excluding hydrogens is 523 g/mol. The molecule has 8 heteroatoms. The van der Waals surface area contributed by atoms with E-state index in [-0.39, 0.29) is 21.4 Å². The minimum atomic E-state index is -0.527. The SMILES string of the molecule is O=C(Nc1ccc(Oc2ccc(Cl)cc2)cc1I)c1cc(Cl)cc(Cl)c1O. The molecule has 0 saturated heterocycles. The fourth-order valence-electron chi connectivity index (χ4n) is 2.23. The lowest BCUT2D eigenvalue weighted by Crippen LogP contribution is -2.13. The standard InChI is InChI=1S/C19H11Cl3INO3/c20-10-1-3-12(4-2-10)27-13-5-6-17(16(23)9-13)24-19(26)14-7-11(21)8-15(22)18(14)25/h1-9,25H,(H,24,26). The first-order valence-electron chi connectivity index (χ1n) is 7.56. The highest BCUT2D eigenvalue weighted by Gasteiger charge is 2.16. The lowest BCUT2D eigenvalue weighted by molar-refractivity contribution is 0.102. The Morgan fingerprint density at radius 1 is 0.926 bits per heavy atom. The van der Waals surface area contributed by atoms with Gasteiger partial charge < -0.3 is 15.2 Å². The van der Waals surface area contributed by atoms with Crippen molar-refractivity contribution in [2.24, 2.45) is 0 Å². The number of carbonyl (C=O) groups excluding carboxylic acids is 1. The van der Waals surface area contributed by atoms with Crippen LogP contribution in [-0.4, -0.2) is 11.0 Å². The summed E-state index contributed by atoms with van der Waals surface area (Å²) in [5.74, 6) is 0.399. The van der Waals surface area contributed by atoms with Gasteiger partial charge in [-0.25, -0.2) is 0 Å². The Balaban J connectivity index is 1.78. The van der Waals surface area contributed by atoms with Gasteiger partial charge in [0.25, 0.3) is 5.91 Å². The number of anilines is 1. The van der Waals surface area contributed by atoms with Gasteiger partial charge in [-0.05, 0) is 77.2 Å². The van der Waals surface area contributed by atoms with Crippen molar-refractivity contribution in [2.45, 2.75) is 0 Å². The Morgan fingerprint density at radius 2 is 1.59 bits per heavy atom. The van der Waals surface area contributed by atoms with Gasteiger partial charge in [0, 0.05) is 13.6 Å². The summed E-state index contributed by atoms with van der Waals surface area (Å²) in [5.41, 5.74) is 0.546. The third kappa shape index (κ3) is 4.99. The van der Waals surface area contributed by atoms with E-state index in [1.54, 1.807) is 42.5 Å². The van der Waals surface area contributed by atoms with Crippen molar-refractivity contribution in [3.05, 3.63) is 78.8 Å². The molecule has 27 heavy (non-hydrogen) atoms. The second kappa shape index (κ2) is 8.56. The molecule has 138 valence electrons. The largest absolute Gasteiger partial charge is 0.506 e. The monoisotopic (exact) mass is 533 g/mol. The van der Waals surface area contributed by atoms with Crippen LogP contribution in [0.1, 0.15) is 10.4 Å². The summed E-state index contributed by atoms with van der Waals surface area (Å²) >= 11 is 19.7. The number of amides is 1. The molecule has 0 aromatic heterocycles. The van der Waals surface area contributed by atoms with E-state index in [4.69, 9.17) is 39.5 Å². The highest BCUT2D eigenvalue weighted by molar-refractivity contribution is 14.1. The number of aromatic hydroxyl groups is 1. The molecule has 2 N–H and O–H groups in total. The van der Waals surface area contributed by atoms with Gasteiger partial charge in [0.2, 0.25) is 0 Å². The predicted molar refractivity (Wildman–Crippen MR) is 117 cm³/mol. The first-order valence-corrected chi connectivity index (χ1v) is 9.77. The molecule has 0 fully saturated rings. The molecule has 3 aromatic rings. The Kier molecular flexibility index (Phi) is 6.37. The Bertz CT molecular complexity index is 1010. The van der Waals surface area contributed by atoms with Crippen LogP contribution in [0, 0.1) is 3.57 Å². The number of hydrogen-bond donors (Lipinski definition) is 2. The van der Waals surface area contributed by atoms with Crippen LogP contribution in [0.15, 0.2) is 54.6 Å². The quantitative estimate of drug-likeness (QED) is 0.355. The molecule has 0 aliphatic rings. The second-order valence-corrected chi connectivity index (χ2v) is 7.88. The van der Waals surface area contributed by atoms with Gasteiger partial charge >= 0.3 is 0 Å². The van der Waals surface area contributed by atoms with Gasteiger partial charge in [0.1, 0.15) is 17.2 Å². The molecule has 0 aliphatic heterocycles. The van der Waals surface area contributed by atoms with Crippen LogP contribution in [0.4, 0.5) is 5.69 Å². The van der Waals surface area contributed by atoms with E-state index in [1.807, 2.05) is 0 Å². The topological polar surface area (TPSA) is 58.6 Å². The van der Waals surface area contributed by atoms with E-state index in [2.05, 4.69) is 27.9 Å². The van der Waals surface area contributed by atoms with Crippen LogP contribution >= 0.6 is 57.4 Å². The van der Waals surface area contributed by atoms with Gasteiger partial charge in [-0.1, -0.05) is 34.8 Å². The number of phenolic OH excluding ortho intramolecular Hbond substituents is 1. The lowest BCUT2D eigenvalue weighted by Gasteiger charge is -2.12. The molecule has 0 spiro atoms. The number of halogens is 4. The minimum absolute atomic E-state index is 0.00839. The molecule has 0 atom stereocenters. The molecular formula is C19H11Cl3INO3. The average molecular weight is 535 g/mol. The third-order valence-electron chi connectivity index (χ3n) is 3.51. The zero-order valence-electron chi connectivity index (χ0n) is 13.5. The van der Waals surface area contributed by atoms with Crippen LogP contribution in [0.3, 0.4) is 0 Å². The van der Waals surface area contributed by atoms with Crippen LogP contribution in [0.25, 0.3) is 0 Å². The maximum atomic E-state index is 12.5. The van der Waals surface area contributed by atoms with Crippen molar-refractivity contribution in [3.63, 3.8) is 0 Å². The van der Waals surface area contributed by atoms with E-state index in [9.17, 15) is 9.90 Å². The number of rotatable bonds is 4. The summed E-state index contributed by atoms with van der Waals surface area (Å²) in [4.78, 5) is 12.5. The van der Waals surface area contributed by atoms with E-state index in [0.717, 1.165) is 3.57 Å². The Labute approximate surface area is 184 Å². The zero-order chi connectivity index (χ0) is 19.6. The predicted octanol–water partition coefficient (Wildman–Crippen LogP) is 7.00. The van der Waals surface area contributed by atoms with Crippen molar-refractivity contribution in [2.75, 3.05) is 5.32 Å². The first kappa shape index (κ1) is 20.1. The molecule has 0 heterocycles. The van der Waals surface area contributed by atoms with Gasteiger partial charge in [0.05, 0.1) is 16.3 Å². The molecule has 0 saturated carbocycles. The van der Waals surface area contributed by atoms with E-state index >= 15 is 0 Å². The molecule has 1 amide bonds. The lowest BCUT2D eigenvalue weighted by atomic mass is 10.2. The fraction of sp³-hybridized carbons (Fsp3) is 0. The second-order valence-electron chi connectivity index (χ2n) is 5.44. The summed E-state index contributed by atoms with van der Waals surface area (Å²) in [6.07, 6.45) is 0. The Hall–Kier alpha value is -1.67. The van der Waals surface area contributed by atoms with Gasteiger partial charge in [-0.2, -0.15) is 0 Å². The molecule has 0 radical (unpaired) electrons. The highest BCUT2D eigenvalue weighted by atomic mass is 127. The summed E-state index contributed by atoms with van der Waals surface area (Å²) in [5, 5.41) is 13.6. The summed E-state index contributed by atoms with van der Waals surface area (Å²) in [6.45, 7) is 0. The van der Waals surface area contributed by atoms with Crippen molar-refractivity contribution >= 4 is 69.0 Å². The maximum Gasteiger partial charge on any atom is 0.259 e. The maximum absolute atomic E-state index is 12.5. The molecule has 0 aliphatic carbocycles. The van der Waals surface area contributed by atoms with Crippen molar-refractivity contribution in [1.82, 2.24) is 0 Å². The molecule has 0 bridgehead atoms. The first-order chi connectivity index (χ1) is 12.8. The summed E-state index contributed by atoms with van der Waals surface area (Å²) < 4.78 is 6.51. The number of phenols is 1. The van der Waals surface area contributed by atoms with Crippen LogP contribution < -0.4 is 10.1 Å². The van der Waals surface area contributed by atoms with Crippen molar-refractivity contribution in [3.8, 4) is 17.2 Å². The van der Waals surface area contributed by atoms with Crippen LogP contribution in [0.2, 0.25) is 15.1 Å². The molecule has 3 rings (SSSR count). The van der Waals surface area contributed by atoms with E-state index < -0.39 is 5.91 Å². The van der Waals surface area contributed by atoms with Crippen LogP contribution in [-0.2, 0) is 0 Å². The van der Waals surface area contributed by atoms with E-state index in [0.29, 0.717) is 22.2 Å². The van der Waals surface area contributed by atoms with Gasteiger partial charge in [0.15, 0.2) is 0 Å². The van der Waals surface area contributed by atoms with Crippen LogP contribution in [0.5, 0.6) is 17.2 Å². The molecule has 3 aromatic carbocycles. The Morgan fingerprint density at radius 3 is 2.26 bits per heavy atom. The number of nitrogens with one attached hydrogen (secondary N) is 1. The van der Waals surface area contributed by atoms with Crippen molar-refractivity contribution < 1.29 is 14.6 Å². The average Bonchev–Trinajstić information content (AvgIpc) is 2.62. The highest BCUT2D eigenvalue weighted by Crippen LogP contribution is 2.33. The molecule has 4 nitrogen and oxygen atoms in total. The molecule has 0 unspecified atom stereocenters. The van der Waals surface area contributed by atoms with Gasteiger partial charge in [-0.3, -0.25) is 4.79 Å². The zero-order valence-corrected chi connectivity index (χ0v) is 17.9. The minimum Gasteiger partial charge on any atom is -0.506 e. The van der Waals surface area contributed by atoms with E-state index in [1.165, 1.54) is 12.1 Å². The summed E-state index contributed by atoms with van der Waals surface area (Å²) in [7, 11) is 0.